The van der Waals surface area contributed by atoms with Gasteiger partial charge >= 0.3 is 0 Å². The summed E-state index contributed by atoms with van der Waals surface area (Å²) in [4.78, 5) is 2.51. The molecule has 0 aliphatic carbocycles. The normalized spacial score (nSPS) is 21.0. The Bertz CT molecular complexity index is 727. The van der Waals surface area contributed by atoms with E-state index in [0.717, 1.165) is 36.9 Å². The van der Waals surface area contributed by atoms with E-state index in [0.29, 0.717) is 6.04 Å². The van der Waals surface area contributed by atoms with Gasteiger partial charge in [0.05, 0.1) is 19.8 Å². The third-order valence-corrected chi connectivity index (χ3v) is 6.18. The zero-order chi connectivity index (χ0) is 18.7. The van der Waals surface area contributed by atoms with Crippen LogP contribution in [0.15, 0.2) is 36.4 Å². The van der Waals surface area contributed by atoms with Gasteiger partial charge in [-0.05, 0) is 77.4 Å². The van der Waals surface area contributed by atoms with E-state index in [1.807, 2.05) is 24.3 Å². The highest BCUT2D eigenvalue weighted by atomic mass is 127. The molecule has 1 heterocycles. The number of nitrogens with zero attached hydrogens (tertiary/aromatic N) is 1. The van der Waals surface area contributed by atoms with E-state index in [4.69, 9.17) is 21.1 Å². The molecule has 3 nitrogen and oxygen atoms in total. The summed E-state index contributed by atoms with van der Waals surface area (Å²) >= 11 is 8.54. The summed E-state index contributed by atoms with van der Waals surface area (Å²) in [6, 6.07) is 12.8. The Hall–Kier alpha value is -0.820. The van der Waals surface area contributed by atoms with Crippen LogP contribution in [0.4, 0.5) is 0 Å². The fourth-order valence-electron chi connectivity index (χ4n) is 3.40. The molecule has 0 aromatic heterocycles. The molecule has 0 N–H and O–H groups in total. The minimum absolute atomic E-state index is 0.206. The number of aryl methyl sites for hydroxylation is 1. The molecule has 0 amide bonds. The molecule has 2 atom stereocenters. The van der Waals surface area contributed by atoms with Crippen molar-refractivity contribution in [3.05, 3.63) is 61.7 Å². The van der Waals surface area contributed by atoms with Crippen molar-refractivity contribution >= 4 is 34.2 Å². The highest BCUT2D eigenvalue weighted by Crippen LogP contribution is 2.26. The van der Waals surface area contributed by atoms with Crippen molar-refractivity contribution in [2.45, 2.75) is 39.0 Å². The number of rotatable bonds is 5. The first-order chi connectivity index (χ1) is 12.5. The maximum absolute atomic E-state index is 6.17. The zero-order valence-electron chi connectivity index (χ0n) is 15.5. The lowest BCUT2D eigenvalue weighted by atomic mass is 10.0. The van der Waals surface area contributed by atoms with Crippen molar-refractivity contribution in [2.24, 2.45) is 0 Å². The monoisotopic (exact) mass is 485 g/mol. The third-order valence-electron chi connectivity index (χ3n) is 4.99. The standard InChI is InChI=1S/C21H25ClINO2/c1-14-8-17(22)9-21(23)20(14)10-19-12-24(15(2)13-26-19)11-16-4-6-18(25-3)7-5-16/h4-9,15,19H,10-13H2,1-3H3/t15-,19?/m0/s1. The first-order valence-electron chi connectivity index (χ1n) is 8.89. The fourth-order valence-corrected chi connectivity index (χ4v) is 4.84. The topological polar surface area (TPSA) is 21.7 Å². The minimum atomic E-state index is 0.206. The Morgan fingerprint density at radius 2 is 2.00 bits per heavy atom. The maximum Gasteiger partial charge on any atom is 0.118 e. The van der Waals surface area contributed by atoms with Gasteiger partial charge in [-0.3, -0.25) is 4.90 Å². The second-order valence-corrected chi connectivity index (χ2v) is 8.57. The summed E-state index contributed by atoms with van der Waals surface area (Å²) in [5.74, 6) is 0.898. The van der Waals surface area contributed by atoms with Crippen molar-refractivity contribution in [1.29, 1.82) is 0 Å². The van der Waals surface area contributed by atoms with Crippen LogP contribution in [0.25, 0.3) is 0 Å². The van der Waals surface area contributed by atoms with Gasteiger partial charge in [-0.25, -0.2) is 0 Å². The second-order valence-electron chi connectivity index (χ2n) is 6.97. The number of benzene rings is 2. The predicted octanol–water partition coefficient (Wildman–Crippen LogP) is 5.09. The first kappa shape index (κ1) is 19.9. The second kappa shape index (κ2) is 8.91. The maximum atomic E-state index is 6.17. The highest BCUT2D eigenvalue weighted by Gasteiger charge is 2.27. The minimum Gasteiger partial charge on any atom is -0.497 e. The number of hydrogen-bond acceptors (Lipinski definition) is 3. The lowest BCUT2D eigenvalue weighted by Crippen LogP contribution is -2.48. The Labute approximate surface area is 174 Å². The summed E-state index contributed by atoms with van der Waals surface area (Å²) in [5.41, 5.74) is 3.89. The molecule has 3 rings (SSSR count). The molecule has 2 aromatic carbocycles. The molecule has 1 aliphatic heterocycles. The van der Waals surface area contributed by atoms with Crippen molar-refractivity contribution in [1.82, 2.24) is 4.90 Å². The first-order valence-corrected chi connectivity index (χ1v) is 10.3. The molecule has 26 heavy (non-hydrogen) atoms. The van der Waals surface area contributed by atoms with E-state index >= 15 is 0 Å². The van der Waals surface area contributed by atoms with Crippen LogP contribution in [-0.4, -0.2) is 37.3 Å². The van der Waals surface area contributed by atoms with Crippen molar-refractivity contribution < 1.29 is 9.47 Å². The summed E-state index contributed by atoms with van der Waals surface area (Å²) in [7, 11) is 1.70. The Kier molecular flexibility index (Phi) is 6.83. The average molecular weight is 486 g/mol. The molecule has 5 heteroatoms. The van der Waals surface area contributed by atoms with Gasteiger partial charge in [-0.15, -0.1) is 0 Å². The van der Waals surface area contributed by atoms with Gasteiger partial charge < -0.3 is 9.47 Å². The number of halogens is 2. The van der Waals surface area contributed by atoms with Crippen LogP contribution < -0.4 is 4.74 Å². The van der Waals surface area contributed by atoms with E-state index in [1.54, 1.807) is 7.11 Å². The SMILES string of the molecule is COc1ccc(CN2CC(Cc3c(C)cc(Cl)cc3I)OC[C@@H]2C)cc1. The van der Waals surface area contributed by atoms with Crippen molar-refractivity contribution in [2.75, 3.05) is 20.3 Å². The van der Waals surface area contributed by atoms with Gasteiger partial charge in [0.25, 0.3) is 0 Å². The van der Waals surface area contributed by atoms with E-state index in [9.17, 15) is 0 Å². The molecule has 1 fully saturated rings. The van der Waals surface area contributed by atoms with Crippen LogP contribution >= 0.6 is 34.2 Å². The summed E-state index contributed by atoms with van der Waals surface area (Å²) < 4.78 is 12.6. The van der Waals surface area contributed by atoms with Crippen molar-refractivity contribution in [3.63, 3.8) is 0 Å². The van der Waals surface area contributed by atoms with E-state index in [1.165, 1.54) is 20.3 Å². The predicted molar refractivity (Wildman–Crippen MR) is 115 cm³/mol. The summed E-state index contributed by atoms with van der Waals surface area (Å²) in [6.07, 6.45) is 1.13. The van der Waals surface area contributed by atoms with Crippen LogP contribution in [0.2, 0.25) is 5.02 Å². The smallest absolute Gasteiger partial charge is 0.118 e. The summed E-state index contributed by atoms with van der Waals surface area (Å²) in [5, 5.41) is 0.801. The molecule has 1 unspecified atom stereocenters. The van der Waals surface area contributed by atoms with Crippen LogP contribution in [0.5, 0.6) is 5.75 Å². The lowest BCUT2D eigenvalue weighted by molar-refractivity contribution is -0.0607. The van der Waals surface area contributed by atoms with Gasteiger partial charge in [0.1, 0.15) is 5.75 Å². The van der Waals surface area contributed by atoms with Crippen molar-refractivity contribution in [3.8, 4) is 5.75 Å². The number of methoxy groups -OCH3 is 1. The number of morpholine rings is 1. The largest absolute Gasteiger partial charge is 0.497 e. The molecular weight excluding hydrogens is 461 g/mol. The quantitative estimate of drug-likeness (QED) is 0.551. The van der Waals surface area contributed by atoms with Gasteiger partial charge in [-0.1, -0.05) is 23.7 Å². The molecular formula is C21H25ClINO2. The lowest BCUT2D eigenvalue weighted by Gasteiger charge is -2.38. The molecule has 0 radical (unpaired) electrons. The Balaban J connectivity index is 1.67. The molecule has 0 spiro atoms. The zero-order valence-corrected chi connectivity index (χ0v) is 18.4. The van der Waals surface area contributed by atoms with E-state index in [2.05, 4.69) is 53.5 Å². The Morgan fingerprint density at radius 3 is 2.65 bits per heavy atom. The Morgan fingerprint density at radius 1 is 1.27 bits per heavy atom. The average Bonchev–Trinajstić information content (AvgIpc) is 2.61. The van der Waals surface area contributed by atoms with E-state index in [-0.39, 0.29) is 6.10 Å². The fraction of sp³-hybridized carbons (Fsp3) is 0.429. The van der Waals surface area contributed by atoms with Gasteiger partial charge in [-0.2, -0.15) is 0 Å². The van der Waals surface area contributed by atoms with Gasteiger partial charge in [0, 0.05) is 34.1 Å². The number of ether oxygens (including phenoxy) is 2. The highest BCUT2D eigenvalue weighted by molar-refractivity contribution is 14.1. The van der Waals surface area contributed by atoms with Gasteiger partial charge in [0.15, 0.2) is 0 Å². The molecule has 0 saturated carbocycles. The molecule has 1 saturated heterocycles. The molecule has 140 valence electrons. The van der Waals surface area contributed by atoms with E-state index < -0.39 is 0 Å². The van der Waals surface area contributed by atoms with Crippen LogP contribution in [-0.2, 0) is 17.7 Å². The third kappa shape index (κ3) is 4.91. The van der Waals surface area contributed by atoms with Gasteiger partial charge in [0.2, 0.25) is 0 Å². The van der Waals surface area contributed by atoms with Crippen LogP contribution in [0.1, 0.15) is 23.6 Å². The van der Waals surface area contributed by atoms with Crippen LogP contribution in [0, 0.1) is 10.5 Å². The molecule has 0 bridgehead atoms. The van der Waals surface area contributed by atoms with Crippen LogP contribution in [0.3, 0.4) is 0 Å². The molecule has 1 aliphatic rings. The number of hydrogen-bond donors (Lipinski definition) is 0. The molecule has 2 aromatic rings. The summed E-state index contributed by atoms with van der Waals surface area (Å²) in [6.45, 7) is 7.00.